The predicted octanol–water partition coefficient (Wildman–Crippen LogP) is 3.47. The molecule has 11 heteroatoms. The van der Waals surface area contributed by atoms with Crippen molar-refractivity contribution in [1.82, 2.24) is 19.9 Å². The number of rotatable bonds is 12. The van der Waals surface area contributed by atoms with Gasteiger partial charge in [0.25, 0.3) is 0 Å². The number of ether oxygens (including phenoxy) is 1. The molecule has 0 saturated heterocycles. The Morgan fingerprint density at radius 2 is 1.76 bits per heavy atom. The van der Waals surface area contributed by atoms with Crippen LogP contribution in [0.4, 0.5) is 34.6 Å². The molecule has 0 radical (unpaired) electrons. The van der Waals surface area contributed by atoms with Crippen LogP contribution in [0.5, 0.6) is 5.75 Å². The summed E-state index contributed by atoms with van der Waals surface area (Å²) in [5, 5.41) is 19.9. The van der Waals surface area contributed by atoms with Gasteiger partial charge in [-0.3, -0.25) is 4.79 Å². The van der Waals surface area contributed by atoms with E-state index in [2.05, 4.69) is 42.4 Å². The number of methoxy groups -OCH3 is 1. The first kappa shape index (κ1) is 26.8. The van der Waals surface area contributed by atoms with Crippen LogP contribution in [0.3, 0.4) is 0 Å². The maximum absolute atomic E-state index is 12.2. The summed E-state index contributed by atoms with van der Waals surface area (Å²) in [4.78, 5) is 29.3. The highest BCUT2D eigenvalue weighted by Gasteiger charge is 2.43. The van der Waals surface area contributed by atoms with Crippen LogP contribution in [0.25, 0.3) is 0 Å². The minimum Gasteiger partial charge on any atom is -0.494 e. The molecule has 0 unspecified atom stereocenters. The summed E-state index contributed by atoms with van der Waals surface area (Å²) < 4.78 is 5.66. The first-order valence-electron chi connectivity index (χ1n) is 12.3. The Morgan fingerprint density at radius 1 is 1.08 bits per heavy atom. The maximum Gasteiger partial charge on any atom is 0.247 e. The average Bonchev–Trinajstić information content (AvgIpc) is 3.66. The summed E-state index contributed by atoms with van der Waals surface area (Å²) in [5.74, 6) is 0.812. The number of aliphatic hydroxyl groups is 1. The Kier molecular flexibility index (Phi) is 8.08. The van der Waals surface area contributed by atoms with Gasteiger partial charge in [-0.2, -0.15) is 4.98 Å². The van der Waals surface area contributed by atoms with Crippen molar-refractivity contribution in [1.29, 1.82) is 0 Å². The summed E-state index contributed by atoms with van der Waals surface area (Å²) in [6.07, 6.45) is 4.06. The van der Waals surface area contributed by atoms with E-state index in [-0.39, 0.29) is 11.9 Å². The monoisotopic (exact) mass is 518 g/mol. The van der Waals surface area contributed by atoms with Crippen molar-refractivity contribution in [3.8, 4) is 5.75 Å². The van der Waals surface area contributed by atoms with Crippen molar-refractivity contribution in [2.24, 2.45) is 0 Å². The smallest absolute Gasteiger partial charge is 0.247 e. The zero-order valence-corrected chi connectivity index (χ0v) is 22.2. The Balaban J connectivity index is 1.62. The molecular formula is C27H34N8O3. The number of nitrogens with one attached hydrogen (secondary N) is 3. The van der Waals surface area contributed by atoms with Crippen molar-refractivity contribution >= 4 is 40.6 Å². The molecule has 1 fully saturated rings. The number of nitrogens with zero attached hydrogens (tertiary/aromatic N) is 5. The number of amides is 1. The molecule has 1 saturated carbocycles. The van der Waals surface area contributed by atoms with Gasteiger partial charge >= 0.3 is 0 Å². The molecule has 0 bridgehead atoms. The topological polar surface area (TPSA) is 128 Å². The van der Waals surface area contributed by atoms with E-state index in [9.17, 15) is 9.90 Å². The van der Waals surface area contributed by atoms with Crippen LogP contribution in [-0.4, -0.2) is 72.2 Å². The highest BCUT2D eigenvalue weighted by Crippen LogP contribution is 2.48. The normalized spacial score (nSPS) is 13.5. The highest BCUT2D eigenvalue weighted by atomic mass is 16.5. The molecule has 1 aliphatic rings. The quantitative estimate of drug-likeness (QED) is 0.265. The lowest BCUT2D eigenvalue weighted by atomic mass is 10.1. The average molecular weight is 519 g/mol. The number of carbonyl (C=O) groups is 1. The number of para-hydroxylation sites is 1. The summed E-state index contributed by atoms with van der Waals surface area (Å²) in [7, 11) is 7.54. The van der Waals surface area contributed by atoms with Gasteiger partial charge in [0.15, 0.2) is 0 Å². The Labute approximate surface area is 222 Å². The molecule has 1 aromatic heterocycles. The molecule has 11 nitrogen and oxygen atoms in total. The molecular weight excluding hydrogens is 484 g/mol. The lowest BCUT2D eigenvalue weighted by Crippen LogP contribution is -2.29. The third-order valence-corrected chi connectivity index (χ3v) is 6.27. The van der Waals surface area contributed by atoms with Gasteiger partial charge in [0.2, 0.25) is 17.8 Å². The van der Waals surface area contributed by atoms with E-state index in [0.29, 0.717) is 23.1 Å². The van der Waals surface area contributed by atoms with E-state index in [4.69, 9.17) is 4.74 Å². The Bertz CT molecular complexity index is 1310. The van der Waals surface area contributed by atoms with E-state index < -0.39 is 5.60 Å². The number of carbonyl (C=O) groups excluding carboxylic acids is 1. The van der Waals surface area contributed by atoms with Crippen LogP contribution in [0.15, 0.2) is 55.4 Å². The molecule has 4 N–H and O–H groups in total. The number of anilines is 6. The maximum atomic E-state index is 12.2. The molecule has 2 aromatic carbocycles. The number of aromatic nitrogens is 3. The molecule has 1 heterocycles. The third kappa shape index (κ3) is 6.36. The molecule has 200 valence electrons. The summed E-state index contributed by atoms with van der Waals surface area (Å²) >= 11 is 0. The minimum atomic E-state index is -0.807. The fourth-order valence-electron chi connectivity index (χ4n) is 3.95. The number of benzene rings is 2. The zero-order chi connectivity index (χ0) is 27.3. The SMILES string of the molecule is C=CC(=O)Nc1cc(Nc2ncnc(Nc3ccccc3C3(O)CC3)n2)c(OC)cc1N(C)CCN(C)C. The zero-order valence-electron chi connectivity index (χ0n) is 22.2. The van der Waals surface area contributed by atoms with Crippen molar-refractivity contribution in [2.75, 3.05) is 62.2 Å². The van der Waals surface area contributed by atoms with Gasteiger partial charge in [-0.25, -0.2) is 9.97 Å². The highest BCUT2D eigenvalue weighted by molar-refractivity contribution is 6.02. The second kappa shape index (κ2) is 11.4. The summed E-state index contributed by atoms with van der Waals surface area (Å²) in [6.45, 7) is 5.13. The molecule has 0 atom stereocenters. The molecule has 38 heavy (non-hydrogen) atoms. The molecule has 1 aliphatic carbocycles. The van der Waals surface area contributed by atoms with E-state index >= 15 is 0 Å². The Hall–Kier alpha value is -4.22. The van der Waals surface area contributed by atoms with E-state index in [1.54, 1.807) is 13.2 Å². The number of hydrogen-bond acceptors (Lipinski definition) is 10. The minimum absolute atomic E-state index is 0.276. The fourth-order valence-corrected chi connectivity index (χ4v) is 3.95. The summed E-state index contributed by atoms with van der Waals surface area (Å²) in [6, 6.07) is 11.2. The van der Waals surface area contributed by atoms with Crippen LogP contribution in [0.1, 0.15) is 18.4 Å². The lowest BCUT2D eigenvalue weighted by Gasteiger charge is -2.26. The van der Waals surface area contributed by atoms with Gasteiger partial charge in [0.1, 0.15) is 12.1 Å². The molecule has 4 rings (SSSR count). The number of hydrogen-bond donors (Lipinski definition) is 4. The molecule has 3 aromatic rings. The first-order valence-corrected chi connectivity index (χ1v) is 12.3. The van der Waals surface area contributed by atoms with Gasteiger partial charge in [-0.05, 0) is 45.1 Å². The van der Waals surface area contributed by atoms with E-state index in [1.807, 2.05) is 56.4 Å². The fraction of sp³-hybridized carbons (Fsp3) is 0.333. The first-order chi connectivity index (χ1) is 18.2. The Morgan fingerprint density at radius 3 is 2.39 bits per heavy atom. The van der Waals surface area contributed by atoms with E-state index in [0.717, 1.165) is 42.9 Å². The van der Waals surface area contributed by atoms with Gasteiger partial charge in [0.05, 0.1) is 29.8 Å². The van der Waals surface area contributed by atoms with Gasteiger partial charge in [-0.15, -0.1) is 0 Å². The standard InChI is InChI=1S/C27H34N8O3/c1-6-24(36)30-20-15-21(23(38-5)16-22(20)35(4)14-13-34(2)3)32-26-29-17-28-25(33-26)31-19-10-8-7-9-18(19)27(37)11-12-27/h6-10,15-17,37H,1,11-14H2,2-5H3,(H,30,36)(H2,28,29,31,32,33). The van der Waals surface area contributed by atoms with Crippen molar-refractivity contribution in [2.45, 2.75) is 18.4 Å². The van der Waals surface area contributed by atoms with Gasteiger partial charge < -0.3 is 35.6 Å². The van der Waals surface area contributed by atoms with E-state index in [1.165, 1.54) is 12.4 Å². The van der Waals surface area contributed by atoms with Crippen LogP contribution in [-0.2, 0) is 10.4 Å². The molecule has 0 aliphatic heterocycles. The largest absolute Gasteiger partial charge is 0.494 e. The van der Waals surface area contributed by atoms with Crippen LogP contribution >= 0.6 is 0 Å². The van der Waals surface area contributed by atoms with Crippen molar-refractivity contribution in [3.05, 3.63) is 60.9 Å². The second-order valence-corrected chi connectivity index (χ2v) is 9.45. The predicted molar refractivity (Wildman–Crippen MR) is 150 cm³/mol. The molecule has 0 spiro atoms. The third-order valence-electron chi connectivity index (χ3n) is 6.27. The van der Waals surface area contributed by atoms with Crippen LogP contribution in [0.2, 0.25) is 0 Å². The van der Waals surface area contributed by atoms with Gasteiger partial charge in [0, 0.05) is 37.5 Å². The summed E-state index contributed by atoms with van der Waals surface area (Å²) in [5.41, 5.74) is 2.67. The number of likely N-dealkylation sites (N-methyl/N-ethyl adjacent to an activating group) is 2. The van der Waals surface area contributed by atoms with Crippen LogP contribution < -0.4 is 25.6 Å². The second-order valence-electron chi connectivity index (χ2n) is 9.45. The van der Waals surface area contributed by atoms with Crippen molar-refractivity contribution < 1.29 is 14.6 Å². The lowest BCUT2D eigenvalue weighted by molar-refractivity contribution is -0.111. The van der Waals surface area contributed by atoms with Gasteiger partial charge in [-0.1, -0.05) is 24.8 Å². The van der Waals surface area contributed by atoms with Crippen molar-refractivity contribution in [3.63, 3.8) is 0 Å². The van der Waals surface area contributed by atoms with Crippen LogP contribution in [0, 0.1) is 0 Å². The molecule has 1 amide bonds.